The Bertz CT molecular complexity index is 598. The first-order valence-corrected chi connectivity index (χ1v) is 8.15. The van der Waals surface area contributed by atoms with Gasteiger partial charge in [-0.1, -0.05) is 13.8 Å². The molecule has 2 aromatic rings. The van der Waals surface area contributed by atoms with Crippen LogP contribution in [0.5, 0.6) is 5.88 Å². The van der Waals surface area contributed by atoms with Gasteiger partial charge in [-0.25, -0.2) is 4.98 Å². The molecule has 0 spiro atoms. The highest BCUT2D eigenvalue weighted by Gasteiger charge is 2.26. The number of hydrogen-bond donors (Lipinski definition) is 1. The molecule has 108 valence electrons. The molecule has 1 fully saturated rings. The maximum Gasteiger partial charge on any atom is 0.227 e. The Morgan fingerprint density at radius 2 is 2.10 bits per heavy atom. The molecular formula is C15H21N3OS. The Morgan fingerprint density at radius 3 is 2.85 bits per heavy atom. The van der Waals surface area contributed by atoms with Crippen LogP contribution in [0.15, 0.2) is 11.4 Å². The Labute approximate surface area is 123 Å². The molecule has 2 heterocycles. The summed E-state index contributed by atoms with van der Waals surface area (Å²) in [5.74, 6) is 2.88. The molecule has 1 N–H and O–H groups in total. The average Bonchev–Trinajstić information content (AvgIpc) is 2.91. The second-order valence-corrected chi connectivity index (χ2v) is 6.64. The Balaban J connectivity index is 1.85. The van der Waals surface area contributed by atoms with Crippen molar-refractivity contribution in [3.8, 4) is 5.88 Å². The monoisotopic (exact) mass is 291 g/mol. The Hall–Kier alpha value is -1.36. The summed E-state index contributed by atoms with van der Waals surface area (Å²) in [5, 5.41) is 6.07. The van der Waals surface area contributed by atoms with E-state index in [0.29, 0.717) is 5.95 Å². The molecule has 2 aromatic heterocycles. The molecule has 1 saturated carbocycles. The minimum atomic E-state index is 0.281. The van der Waals surface area contributed by atoms with E-state index in [9.17, 15) is 0 Å². The number of aromatic nitrogens is 2. The molecule has 0 amide bonds. The molecule has 3 atom stereocenters. The van der Waals surface area contributed by atoms with Gasteiger partial charge in [0.05, 0.1) is 5.39 Å². The molecule has 5 heteroatoms. The summed E-state index contributed by atoms with van der Waals surface area (Å²) in [5.41, 5.74) is 0. The second kappa shape index (κ2) is 5.56. The van der Waals surface area contributed by atoms with Crippen LogP contribution in [-0.4, -0.2) is 23.1 Å². The first-order valence-electron chi connectivity index (χ1n) is 7.27. The van der Waals surface area contributed by atoms with Crippen molar-refractivity contribution in [3.63, 3.8) is 0 Å². The average molecular weight is 291 g/mol. The molecule has 3 rings (SSSR count). The lowest BCUT2D eigenvalue weighted by Crippen LogP contribution is -2.29. The van der Waals surface area contributed by atoms with Crippen molar-refractivity contribution in [1.29, 1.82) is 0 Å². The zero-order valence-electron chi connectivity index (χ0n) is 12.2. The standard InChI is InChI=1S/C15H21N3OS/c1-9-4-5-11(8-10(9)2)19-13-12-6-7-20-14(12)18-15(16-3)17-13/h6-7,9-11H,4-5,8H2,1-3H3,(H,16,17,18). The van der Waals surface area contributed by atoms with Crippen molar-refractivity contribution >= 4 is 27.5 Å². The molecule has 0 radical (unpaired) electrons. The third kappa shape index (κ3) is 2.59. The van der Waals surface area contributed by atoms with Crippen molar-refractivity contribution in [2.24, 2.45) is 11.8 Å². The molecule has 1 aliphatic rings. The molecule has 1 aliphatic carbocycles. The molecule has 0 aliphatic heterocycles. The van der Waals surface area contributed by atoms with E-state index in [0.717, 1.165) is 40.8 Å². The van der Waals surface area contributed by atoms with Crippen LogP contribution < -0.4 is 10.1 Å². The zero-order chi connectivity index (χ0) is 14.1. The van der Waals surface area contributed by atoms with Crippen LogP contribution >= 0.6 is 11.3 Å². The second-order valence-electron chi connectivity index (χ2n) is 5.75. The maximum atomic E-state index is 6.20. The Morgan fingerprint density at radius 1 is 1.25 bits per heavy atom. The van der Waals surface area contributed by atoms with Gasteiger partial charge in [0.15, 0.2) is 0 Å². The molecule has 4 nitrogen and oxygen atoms in total. The lowest BCUT2D eigenvalue weighted by Gasteiger charge is -2.32. The fraction of sp³-hybridized carbons (Fsp3) is 0.600. The normalized spacial score (nSPS) is 26.6. The highest BCUT2D eigenvalue weighted by atomic mass is 32.1. The first kappa shape index (κ1) is 13.6. The van der Waals surface area contributed by atoms with Crippen LogP contribution in [0.3, 0.4) is 0 Å². The van der Waals surface area contributed by atoms with Crippen LogP contribution in [0.2, 0.25) is 0 Å². The minimum Gasteiger partial charge on any atom is -0.474 e. The van der Waals surface area contributed by atoms with E-state index in [2.05, 4.69) is 29.1 Å². The summed E-state index contributed by atoms with van der Waals surface area (Å²) in [6.45, 7) is 4.65. The third-order valence-corrected chi connectivity index (χ3v) is 5.15. The number of nitrogens with zero attached hydrogens (tertiary/aromatic N) is 2. The summed E-state index contributed by atoms with van der Waals surface area (Å²) in [7, 11) is 1.84. The van der Waals surface area contributed by atoms with Crippen molar-refractivity contribution in [3.05, 3.63) is 11.4 Å². The number of nitrogens with one attached hydrogen (secondary N) is 1. The van der Waals surface area contributed by atoms with Gasteiger partial charge >= 0.3 is 0 Å². The number of anilines is 1. The van der Waals surface area contributed by atoms with E-state index < -0.39 is 0 Å². The summed E-state index contributed by atoms with van der Waals surface area (Å²) >= 11 is 1.62. The molecule has 20 heavy (non-hydrogen) atoms. The van der Waals surface area contributed by atoms with Gasteiger partial charge in [0.2, 0.25) is 11.8 Å². The summed E-state index contributed by atoms with van der Waals surface area (Å²) < 4.78 is 6.20. The molecule has 0 aromatic carbocycles. The number of hydrogen-bond acceptors (Lipinski definition) is 5. The van der Waals surface area contributed by atoms with Gasteiger partial charge in [0.25, 0.3) is 0 Å². The lowest BCUT2D eigenvalue weighted by molar-refractivity contribution is 0.0980. The van der Waals surface area contributed by atoms with E-state index in [1.54, 1.807) is 11.3 Å². The van der Waals surface area contributed by atoms with Crippen molar-refractivity contribution in [1.82, 2.24) is 9.97 Å². The van der Waals surface area contributed by atoms with Crippen LogP contribution in [0.1, 0.15) is 33.1 Å². The summed E-state index contributed by atoms with van der Waals surface area (Å²) in [4.78, 5) is 9.93. The molecule has 0 saturated heterocycles. The van der Waals surface area contributed by atoms with E-state index in [-0.39, 0.29) is 6.10 Å². The van der Waals surface area contributed by atoms with Gasteiger partial charge in [0.1, 0.15) is 10.9 Å². The fourth-order valence-corrected chi connectivity index (χ4v) is 3.55. The smallest absolute Gasteiger partial charge is 0.227 e. The van der Waals surface area contributed by atoms with E-state index in [1.807, 2.05) is 18.5 Å². The van der Waals surface area contributed by atoms with Gasteiger partial charge in [-0.15, -0.1) is 11.3 Å². The largest absolute Gasteiger partial charge is 0.474 e. The quantitative estimate of drug-likeness (QED) is 0.930. The minimum absolute atomic E-state index is 0.281. The van der Waals surface area contributed by atoms with Crippen LogP contribution in [0.4, 0.5) is 5.95 Å². The molecule has 3 unspecified atom stereocenters. The summed E-state index contributed by atoms with van der Waals surface area (Å²) in [6, 6.07) is 2.05. The first-order chi connectivity index (χ1) is 9.67. The lowest BCUT2D eigenvalue weighted by atomic mass is 9.80. The van der Waals surface area contributed by atoms with Crippen molar-refractivity contribution in [2.75, 3.05) is 12.4 Å². The number of thiophene rings is 1. The summed E-state index contributed by atoms with van der Waals surface area (Å²) in [6.07, 6.45) is 3.76. The van der Waals surface area contributed by atoms with Gasteiger partial charge in [-0.05, 0) is 42.5 Å². The highest BCUT2D eigenvalue weighted by molar-refractivity contribution is 7.16. The van der Waals surface area contributed by atoms with Gasteiger partial charge < -0.3 is 10.1 Å². The van der Waals surface area contributed by atoms with E-state index >= 15 is 0 Å². The number of rotatable bonds is 3. The van der Waals surface area contributed by atoms with Crippen molar-refractivity contribution in [2.45, 2.75) is 39.2 Å². The van der Waals surface area contributed by atoms with Gasteiger partial charge in [-0.3, -0.25) is 0 Å². The van der Waals surface area contributed by atoms with Crippen LogP contribution in [-0.2, 0) is 0 Å². The van der Waals surface area contributed by atoms with E-state index in [4.69, 9.17) is 4.74 Å². The highest BCUT2D eigenvalue weighted by Crippen LogP contribution is 2.34. The van der Waals surface area contributed by atoms with Crippen LogP contribution in [0.25, 0.3) is 10.2 Å². The fourth-order valence-electron chi connectivity index (χ4n) is 2.79. The maximum absolute atomic E-state index is 6.20. The number of fused-ring (bicyclic) bond motifs is 1. The van der Waals surface area contributed by atoms with Crippen LogP contribution in [0, 0.1) is 11.8 Å². The van der Waals surface area contributed by atoms with Gasteiger partial charge in [0, 0.05) is 7.05 Å². The third-order valence-electron chi connectivity index (χ3n) is 4.34. The predicted octanol–water partition coefficient (Wildman–Crippen LogP) is 3.94. The zero-order valence-corrected chi connectivity index (χ0v) is 13.0. The van der Waals surface area contributed by atoms with Crippen molar-refractivity contribution < 1.29 is 4.74 Å². The SMILES string of the molecule is CNc1nc(OC2CCC(C)C(C)C2)c2ccsc2n1. The predicted molar refractivity (Wildman–Crippen MR) is 83.6 cm³/mol. The molecular weight excluding hydrogens is 270 g/mol. The topological polar surface area (TPSA) is 47.0 Å². The van der Waals surface area contributed by atoms with Gasteiger partial charge in [-0.2, -0.15) is 4.98 Å². The molecule has 0 bridgehead atoms. The van der Waals surface area contributed by atoms with E-state index in [1.165, 1.54) is 6.42 Å². The number of ether oxygens (including phenoxy) is 1. The Kier molecular flexibility index (Phi) is 3.78.